The number of ether oxygens (including phenoxy) is 4. The van der Waals surface area contributed by atoms with E-state index in [1.54, 1.807) is 0 Å². The third kappa shape index (κ3) is 9.59. The number of nitrogens with zero attached hydrogens (tertiary/aromatic N) is 2. The van der Waals surface area contributed by atoms with E-state index in [0.29, 0.717) is 45.2 Å². The molecule has 2 heterocycles. The number of rotatable bonds is 17. The molecular formula is C27H36N4O8. The van der Waals surface area contributed by atoms with Gasteiger partial charge in [0.05, 0.1) is 31.4 Å². The molecule has 0 spiro atoms. The lowest BCUT2D eigenvalue weighted by atomic mass is 9.81. The maximum Gasteiger partial charge on any atom is 0.287 e. The molecule has 0 aliphatic carbocycles. The minimum atomic E-state index is -0.636. The van der Waals surface area contributed by atoms with Crippen LogP contribution in [0.5, 0.6) is 0 Å². The van der Waals surface area contributed by atoms with Crippen LogP contribution in [0.3, 0.4) is 0 Å². The summed E-state index contributed by atoms with van der Waals surface area (Å²) in [5.41, 5.74) is 0.946. The zero-order valence-electron chi connectivity index (χ0n) is 22.0. The van der Waals surface area contributed by atoms with Gasteiger partial charge >= 0.3 is 0 Å². The van der Waals surface area contributed by atoms with Crippen molar-refractivity contribution in [2.75, 3.05) is 58.0 Å². The Hall–Kier alpha value is -3.58. The van der Waals surface area contributed by atoms with Gasteiger partial charge in [0, 0.05) is 44.2 Å². The molecule has 2 aromatic rings. The number of amides is 1. The van der Waals surface area contributed by atoms with Crippen LogP contribution in [0.1, 0.15) is 24.8 Å². The molecule has 12 nitrogen and oxygen atoms in total. The number of allylic oxidation sites excluding steroid dienone is 1. The molecule has 0 saturated carbocycles. The number of aliphatic hydroxyl groups excluding tert-OH is 1. The van der Waals surface area contributed by atoms with Crippen LogP contribution in [-0.4, -0.2) is 79.9 Å². The lowest BCUT2D eigenvalue weighted by Gasteiger charge is -2.37. The maximum atomic E-state index is 13.0. The molecule has 1 aromatic carbocycles. The minimum absolute atomic E-state index is 0.0239. The zero-order chi connectivity index (χ0) is 27.9. The smallest absolute Gasteiger partial charge is 0.287 e. The van der Waals surface area contributed by atoms with Crippen molar-refractivity contribution < 1.29 is 33.8 Å². The van der Waals surface area contributed by atoms with Crippen molar-refractivity contribution in [1.29, 1.82) is 0 Å². The van der Waals surface area contributed by atoms with Crippen molar-refractivity contribution in [3.63, 3.8) is 0 Å². The first kappa shape index (κ1) is 30.0. The van der Waals surface area contributed by atoms with Gasteiger partial charge < -0.3 is 34.7 Å². The summed E-state index contributed by atoms with van der Waals surface area (Å²) in [5, 5.41) is 25.4. The molecule has 12 heteroatoms. The lowest BCUT2D eigenvalue weighted by Crippen LogP contribution is -2.40. The van der Waals surface area contributed by atoms with Gasteiger partial charge in [0.25, 0.3) is 11.6 Å². The number of nitrogens with one attached hydrogen (secondary N) is 2. The molecule has 1 aliphatic rings. The predicted octanol–water partition coefficient (Wildman–Crippen LogP) is 2.61. The molecule has 39 heavy (non-hydrogen) atoms. The number of pyridine rings is 1. The van der Waals surface area contributed by atoms with E-state index in [2.05, 4.69) is 15.6 Å². The second-order valence-corrected chi connectivity index (χ2v) is 8.65. The first-order valence-electron chi connectivity index (χ1n) is 13.0. The molecule has 3 atom stereocenters. The number of aromatic nitrogens is 1. The summed E-state index contributed by atoms with van der Waals surface area (Å²) in [5.74, 6) is 0.0692. The molecule has 0 fully saturated rings. The van der Waals surface area contributed by atoms with E-state index >= 15 is 0 Å². The first-order chi connectivity index (χ1) is 19.0. The highest BCUT2D eigenvalue weighted by atomic mass is 16.7. The van der Waals surface area contributed by atoms with Crippen LogP contribution in [0.2, 0.25) is 0 Å². The molecule has 0 radical (unpaired) electrons. The van der Waals surface area contributed by atoms with Crippen LogP contribution in [-0.2, 0) is 23.7 Å². The van der Waals surface area contributed by atoms with Crippen molar-refractivity contribution in [1.82, 2.24) is 10.3 Å². The molecule has 1 aromatic heterocycles. The number of anilines is 1. The number of aliphatic hydroxyl groups is 1. The summed E-state index contributed by atoms with van der Waals surface area (Å²) in [6, 6.07) is 12.8. The first-order valence-corrected chi connectivity index (χ1v) is 13.0. The van der Waals surface area contributed by atoms with Crippen molar-refractivity contribution in [3.8, 4) is 0 Å². The predicted molar refractivity (Wildman–Crippen MR) is 143 cm³/mol. The summed E-state index contributed by atoms with van der Waals surface area (Å²) in [4.78, 5) is 27.3. The van der Waals surface area contributed by atoms with Gasteiger partial charge in [0.2, 0.25) is 6.29 Å². The summed E-state index contributed by atoms with van der Waals surface area (Å²) >= 11 is 0. The van der Waals surface area contributed by atoms with Crippen LogP contribution < -0.4 is 10.6 Å². The van der Waals surface area contributed by atoms with Gasteiger partial charge in [-0.05, 0) is 31.1 Å². The number of nitro groups is 1. The van der Waals surface area contributed by atoms with E-state index in [1.807, 2.05) is 43.3 Å². The fourth-order valence-electron chi connectivity index (χ4n) is 4.15. The van der Waals surface area contributed by atoms with Gasteiger partial charge in [-0.3, -0.25) is 14.9 Å². The Balaban J connectivity index is 1.61. The van der Waals surface area contributed by atoms with Gasteiger partial charge in [-0.25, -0.2) is 4.98 Å². The minimum Gasteiger partial charge on any atom is -0.459 e. The molecule has 212 valence electrons. The number of hydrogen-bond acceptors (Lipinski definition) is 10. The maximum absolute atomic E-state index is 13.0. The average Bonchev–Trinajstić information content (AvgIpc) is 2.96. The van der Waals surface area contributed by atoms with Crippen LogP contribution in [0, 0.1) is 16.0 Å². The SMILES string of the molecule is CCO[C@H]1OC(C(=O)NCCNc2ccc([N+](=O)[O-])cn2)=C[C@@H](c2ccccc2)[C@@H]1CCOCCOCCO. The van der Waals surface area contributed by atoms with Gasteiger partial charge in [-0.15, -0.1) is 0 Å². The van der Waals surface area contributed by atoms with E-state index in [4.69, 9.17) is 24.1 Å². The van der Waals surface area contributed by atoms with Crippen LogP contribution in [0.25, 0.3) is 0 Å². The van der Waals surface area contributed by atoms with Crippen LogP contribution in [0.15, 0.2) is 60.5 Å². The third-order valence-electron chi connectivity index (χ3n) is 6.00. The van der Waals surface area contributed by atoms with E-state index < -0.39 is 11.2 Å². The second-order valence-electron chi connectivity index (χ2n) is 8.65. The highest BCUT2D eigenvalue weighted by Gasteiger charge is 2.37. The highest BCUT2D eigenvalue weighted by Crippen LogP contribution is 2.38. The standard InChI is InChI=1S/C27H36N4O8/c1-2-38-27-22(10-14-36-16-17-37-15-13-32)23(20-6-4-3-5-7-20)18-24(39-27)26(33)29-12-11-28-25-9-8-21(19-30-25)31(34)35/h3-9,18-19,22-23,27,32H,2,10-17H2,1H3,(H,28,30)(H,29,33)/t22-,23-,27-/m0/s1. The second kappa shape index (κ2) is 16.4. The molecule has 0 saturated heterocycles. The Morgan fingerprint density at radius 3 is 2.54 bits per heavy atom. The molecule has 1 aliphatic heterocycles. The van der Waals surface area contributed by atoms with Gasteiger partial charge in [0.15, 0.2) is 5.76 Å². The van der Waals surface area contributed by atoms with Crippen molar-refractivity contribution in [2.45, 2.75) is 25.6 Å². The zero-order valence-corrected chi connectivity index (χ0v) is 22.0. The van der Waals surface area contributed by atoms with Gasteiger partial charge in [0.1, 0.15) is 12.0 Å². The van der Waals surface area contributed by atoms with Crippen molar-refractivity contribution >= 4 is 17.4 Å². The number of carbonyl (C=O) groups is 1. The quantitative estimate of drug-likeness (QED) is 0.154. The highest BCUT2D eigenvalue weighted by molar-refractivity contribution is 5.91. The van der Waals surface area contributed by atoms with Gasteiger partial charge in [-0.2, -0.15) is 0 Å². The van der Waals surface area contributed by atoms with E-state index in [0.717, 1.165) is 5.56 Å². The number of hydrogen-bond donors (Lipinski definition) is 3. The Morgan fingerprint density at radius 1 is 1.10 bits per heavy atom. The number of carbonyl (C=O) groups excluding carboxylic acids is 1. The fourth-order valence-corrected chi connectivity index (χ4v) is 4.15. The largest absolute Gasteiger partial charge is 0.459 e. The fraction of sp³-hybridized carbons (Fsp3) is 0.481. The Kier molecular flexibility index (Phi) is 12.6. The van der Waals surface area contributed by atoms with Crippen molar-refractivity contribution in [2.24, 2.45) is 5.92 Å². The summed E-state index contributed by atoms with van der Waals surface area (Å²) in [7, 11) is 0. The normalized spacial score (nSPS) is 18.6. The third-order valence-corrected chi connectivity index (χ3v) is 6.00. The lowest BCUT2D eigenvalue weighted by molar-refractivity contribution is -0.385. The van der Waals surface area contributed by atoms with Crippen molar-refractivity contribution in [3.05, 3.63) is 76.2 Å². The number of benzene rings is 1. The average molecular weight is 545 g/mol. The van der Waals surface area contributed by atoms with E-state index in [9.17, 15) is 14.9 Å². The van der Waals surface area contributed by atoms with Gasteiger partial charge in [-0.1, -0.05) is 30.3 Å². The van der Waals surface area contributed by atoms with Crippen LogP contribution in [0.4, 0.5) is 11.5 Å². The molecular weight excluding hydrogens is 508 g/mol. The monoisotopic (exact) mass is 544 g/mol. The molecule has 0 unspecified atom stereocenters. The Morgan fingerprint density at radius 2 is 1.87 bits per heavy atom. The van der Waals surface area contributed by atoms with E-state index in [-0.39, 0.29) is 48.9 Å². The summed E-state index contributed by atoms with van der Waals surface area (Å²) in [6.45, 7) is 4.47. The Bertz CT molecular complexity index is 1050. The van der Waals surface area contributed by atoms with E-state index in [1.165, 1.54) is 18.3 Å². The Labute approximate surface area is 227 Å². The summed E-state index contributed by atoms with van der Waals surface area (Å²) in [6.07, 6.45) is 3.01. The molecule has 1 amide bonds. The molecule has 0 bridgehead atoms. The summed E-state index contributed by atoms with van der Waals surface area (Å²) < 4.78 is 22.9. The van der Waals surface area contributed by atoms with Crippen LogP contribution >= 0.6 is 0 Å². The topological polar surface area (TPSA) is 154 Å². The molecule has 3 rings (SSSR count). The molecule has 3 N–H and O–H groups in total.